The number of nitrogens with zero attached hydrogens (tertiary/aromatic N) is 5. The minimum atomic E-state index is -0.873. The fraction of sp³-hybridized carbons (Fsp3) is 0.528. The van der Waals surface area contributed by atoms with Crippen LogP contribution in [0, 0.1) is 18.7 Å². The highest BCUT2D eigenvalue weighted by atomic mass is 19.1. The van der Waals surface area contributed by atoms with E-state index < -0.39 is 12.0 Å². The van der Waals surface area contributed by atoms with Crippen LogP contribution in [0.4, 0.5) is 14.6 Å². The number of ether oxygens (including phenoxy) is 1. The molecule has 5 aliphatic rings. The number of aromatic nitrogens is 3. The number of aromatic hydroxyl groups is 1. The lowest BCUT2D eigenvalue weighted by molar-refractivity contribution is 0.0775. The maximum Gasteiger partial charge on any atom is 0.319 e. The molecule has 2 aromatic carbocycles. The Hall–Kier alpha value is -3.63. The average molecular weight is 627 g/mol. The number of hydrogen-bond acceptors (Lipinski definition) is 8. The zero-order chi connectivity index (χ0) is 31.2. The number of anilines is 1. The van der Waals surface area contributed by atoms with Crippen LogP contribution >= 0.6 is 0 Å². The van der Waals surface area contributed by atoms with E-state index in [1.54, 1.807) is 18.3 Å². The number of benzene rings is 2. The smallest absolute Gasteiger partial charge is 0.319 e. The molecule has 2 bridgehead atoms. The van der Waals surface area contributed by atoms with E-state index in [9.17, 15) is 9.50 Å². The Balaban J connectivity index is 1.15. The lowest BCUT2D eigenvalue weighted by Crippen LogP contribution is -2.51. The molecule has 4 aliphatic heterocycles. The van der Waals surface area contributed by atoms with Crippen molar-refractivity contribution in [2.24, 2.45) is 5.92 Å². The predicted molar refractivity (Wildman–Crippen MR) is 174 cm³/mol. The van der Waals surface area contributed by atoms with Gasteiger partial charge in [-0.1, -0.05) is 31.0 Å². The molecule has 240 valence electrons. The molecule has 8 nitrogen and oxygen atoms in total. The van der Waals surface area contributed by atoms with Gasteiger partial charge in [-0.3, -0.25) is 9.88 Å². The van der Waals surface area contributed by atoms with Crippen LogP contribution in [0.3, 0.4) is 0 Å². The van der Waals surface area contributed by atoms with Gasteiger partial charge in [0.15, 0.2) is 5.82 Å². The van der Waals surface area contributed by atoms with Gasteiger partial charge in [0.2, 0.25) is 0 Å². The number of pyridine rings is 1. The molecular weight excluding hydrogens is 586 g/mol. The number of phenols is 1. The summed E-state index contributed by atoms with van der Waals surface area (Å²) >= 11 is 0. The van der Waals surface area contributed by atoms with Crippen molar-refractivity contribution in [2.75, 3.05) is 31.1 Å². The van der Waals surface area contributed by atoms with Crippen molar-refractivity contribution in [3.63, 3.8) is 0 Å². The van der Waals surface area contributed by atoms with E-state index in [0.29, 0.717) is 53.8 Å². The topological polar surface area (TPSA) is 86.6 Å². The maximum atomic E-state index is 16.9. The van der Waals surface area contributed by atoms with E-state index in [0.717, 1.165) is 55.1 Å². The third-order valence-electron chi connectivity index (χ3n) is 11.6. The Morgan fingerprint density at radius 1 is 1.04 bits per heavy atom. The van der Waals surface area contributed by atoms with Crippen LogP contribution in [-0.4, -0.2) is 81.0 Å². The average Bonchev–Trinajstić information content (AvgIpc) is 3.66. The molecule has 1 aliphatic carbocycles. The molecule has 2 N–H and O–H groups in total. The van der Waals surface area contributed by atoms with Gasteiger partial charge >= 0.3 is 6.01 Å². The van der Waals surface area contributed by atoms with Crippen molar-refractivity contribution in [3.8, 4) is 23.0 Å². The SMILES string of the molecule is Cc1cccc2cc(O)cc(-c3ncc4c(N5CC6CCC(C5)N6)nc(OCC56CC(F)CN5C5CCCCC5C6)nc4c3F)c12. The normalized spacial score (nSPS) is 30.7. The third-order valence-corrected chi connectivity index (χ3v) is 11.6. The molecular formula is C36H40F2N6O2. The van der Waals surface area contributed by atoms with Gasteiger partial charge in [0.05, 0.1) is 10.9 Å². The number of piperazine rings is 1. The Labute approximate surface area is 267 Å². The second kappa shape index (κ2) is 10.7. The first-order chi connectivity index (χ1) is 22.3. The Morgan fingerprint density at radius 2 is 1.87 bits per heavy atom. The first-order valence-electron chi connectivity index (χ1n) is 17.0. The number of nitrogens with one attached hydrogen (secondary N) is 1. The summed E-state index contributed by atoms with van der Waals surface area (Å²) in [5, 5.41) is 16.4. The number of alkyl halides is 1. The van der Waals surface area contributed by atoms with Crippen LogP contribution in [0.1, 0.15) is 56.9 Å². The minimum absolute atomic E-state index is 0.0433. The van der Waals surface area contributed by atoms with Crippen molar-refractivity contribution in [3.05, 3.63) is 47.9 Å². The van der Waals surface area contributed by atoms with E-state index >= 15 is 4.39 Å². The first-order valence-corrected chi connectivity index (χ1v) is 17.0. The lowest BCUT2D eigenvalue weighted by atomic mass is 9.81. The molecule has 9 rings (SSSR count). The lowest BCUT2D eigenvalue weighted by Gasteiger charge is -2.36. The van der Waals surface area contributed by atoms with Gasteiger partial charge in [-0.15, -0.1) is 0 Å². The van der Waals surface area contributed by atoms with E-state index in [4.69, 9.17) is 14.7 Å². The zero-order valence-electron chi connectivity index (χ0n) is 26.2. The number of fused-ring (bicyclic) bond motifs is 7. The summed E-state index contributed by atoms with van der Waals surface area (Å²) in [5.41, 5.74) is 1.36. The standard InChI is InChI=1S/C36H40F2N6O2/c1-20-5-4-7-21-11-26(45)12-27(30(20)21)32-31(38)33-28(15-39-32)34(43-17-24-9-10-25(18-43)40-24)42-35(41-33)46-19-36-13-22-6-2-3-8-29(22)44(36)16-23(37)14-36/h4-5,7,11-12,15,22-25,29,40,45H,2-3,6,8-10,13-14,16-19H2,1H3. The Morgan fingerprint density at radius 3 is 2.72 bits per heavy atom. The second-order valence-corrected chi connectivity index (χ2v) is 14.5. The van der Waals surface area contributed by atoms with Crippen molar-refractivity contribution < 1.29 is 18.6 Å². The molecule has 0 amide bonds. The molecule has 0 radical (unpaired) electrons. The largest absolute Gasteiger partial charge is 0.508 e. The van der Waals surface area contributed by atoms with Crippen LogP contribution in [0.15, 0.2) is 36.5 Å². The fourth-order valence-electron chi connectivity index (χ4n) is 9.68. The van der Waals surface area contributed by atoms with Gasteiger partial charge in [-0.25, -0.2) is 8.78 Å². The number of rotatable bonds is 5. The van der Waals surface area contributed by atoms with Crippen molar-refractivity contribution in [1.82, 2.24) is 25.2 Å². The Bertz CT molecular complexity index is 1840. The van der Waals surface area contributed by atoms with Crippen molar-refractivity contribution in [2.45, 2.75) is 88.1 Å². The zero-order valence-corrected chi connectivity index (χ0v) is 26.2. The number of aryl methyl sites for hydroxylation is 1. The predicted octanol–water partition coefficient (Wildman–Crippen LogP) is 6.06. The van der Waals surface area contributed by atoms with E-state index in [1.165, 1.54) is 19.3 Å². The number of phenolic OH excluding ortho intramolecular Hbond substituents is 1. The van der Waals surface area contributed by atoms with E-state index in [1.807, 2.05) is 25.1 Å². The first kappa shape index (κ1) is 28.6. The van der Waals surface area contributed by atoms with Gasteiger partial charge in [0.1, 0.15) is 35.6 Å². The van der Waals surface area contributed by atoms with E-state index in [-0.39, 0.29) is 35.1 Å². The summed E-state index contributed by atoms with van der Waals surface area (Å²) in [6.07, 6.45) is 9.09. The van der Waals surface area contributed by atoms with Gasteiger partial charge in [-0.05, 0) is 73.4 Å². The van der Waals surface area contributed by atoms with Crippen molar-refractivity contribution in [1.29, 1.82) is 0 Å². The molecule has 5 fully saturated rings. The highest BCUT2D eigenvalue weighted by molar-refractivity contribution is 6.01. The molecule has 6 atom stereocenters. The summed E-state index contributed by atoms with van der Waals surface area (Å²) in [4.78, 5) is 18.9. The minimum Gasteiger partial charge on any atom is -0.508 e. The highest BCUT2D eigenvalue weighted by Gasteiger charge is 2.57. The summed E-state index contributed by atoms with van der Waals surface area (Å²) in [7, 11) is 0. The fourth-order valence-corrected chi connectivity index (χ4v) is 9.68. The monoisotopic (exact) mass is 626 g/mol. The second-order valence-electron chi connectivity index (χ2n) is 14.5. The highest BCUT2D eigenvalue weighted by Crippen LogP contribution is 2.51. The molecule has 1 saturated carbocycles. The summed E-state index contributed by atoms with van der Waals surface area (Å²) in [6.45, 7) is 4.23. The molecule has 6 heterocycles. The Kier molecular flexibility index (Phi) is 6.65. The van der Waals surface area contributed by atoms with Crippen LogP contribution in [0.5, 0.6) is 11.8 Å². The van der Waals surface area contributed by atoms with Crippen LogP contribution in [-0.2, 0) is 0 Å². The molecule has 46 heavy (non-hydrogen) atoms. The third kappa shape index (κ3) is 4.54. The molecule has 0 spiro atoms. The summed E-state index contributed by atoms with van der Waals surface area (Å²) in [6, 6.07) is 10.3. The number of hydrogen-bond donors (Lipinski definition) is 2. The molecule has 4 saturated heterocycles. The van der Waals surface area contributed by atoms with Crippen LogP contribution in [0.2, 0.25) is 0 Å². The molecule has 6 unspecified atom stereocenters. The van der Waals surface area contributed by atoms with Crippen molar-refractivity contribution >= 4 is 27.5 Å². The molecule has 4 aromatic rings. The summed E-state index contributed by atoms with van der Waals surface area (Å²) in [5.74, 6) is 0.663. The van der Waals surface area contributed by atoms with Gasteiger partial charge in [0, 0.05) is 55.9 Å². The number of halogens is 2. The summed E-state index contributed by atoms with van der Waals surface area (Å²) < 4.78 is 38.3. The quantitative estimate of drug-likeness (QED) is 0.277. The maximum absolute atomic E-state index is 16.9. The molecule has 10 heteroatoms. The van der Waals surface area contributed by atoms with E-state index in [2.05, 4.69) is 20.1 Å². The van der Waals surface area contributed by atoms with Gasteiger partial charge < -0.3 is 20.1 Å². The van der Waals surface area contributed by atoms with Gasteiger partial charge in [-0.2, -0.15) is 9.97 Å². The molecule has 2 aromatic heterocycles. The van der Waals surface area contributed by atoms with Crippen LogP contribution < -0.4 is 15.0 Å². The van der Waals surface area contributed by atoms with Crippen LogP contribution in [0.25, 0.3) is 32.9 Å². The van der Waals surface area contributed by atoms with Gasteiger partial charge in [0.25, 0.3) is 0 Å².